The molecular formula is C10H8N2Sc-2. The van der Waals surface area contributed by atoms with E-state index in [4.69, 9.17) is 0 Å². The Morgan fingerprint density at radius 3 is 1.23 bits per heavy atom. The normalized spacial score (nSPS) is 7.38. The molecule has 0 aliphatic heterocycles. The number of hydrogen-bond donors (Lipinski definition) is 0. The molecule has 2 rings (SSSR count). The van der Waals surface area contributed by atoms with Crippen LogP contribution in [0.1, 0.15) is 0 Å². The van der Waals surface area contributed by atoms with Gasteiger partial charge in [0.1, 0.15) is 0 Å². The van der Waals surface area contributed by atoms with Gasteiger partial charge in [0.2, 0.25) is 0 Å². The molecule has 0 unspecified atom stereocenters. The molecule has 2 heterocycles. The topological polar surface area (TPSA) is 25.8 Å². The molecule has 2 nitrogen and oxygen atoms in total. The summed E-state index contributed by atoms with van der Waals surface area (Å²) in [7, 11) is 0. The van der Waals surface area contributed by atoms with Crippen LogP contribution in [0.25, 0.3) is 0 Å². The van der Waals surface area contributed by atoms with E-state index in [9.17, 15) is 0 Å². The predicted molar refractivity (Wildman–Crippen MR) is 46.1 cm³/mol. The maximum absolute atomic E-state index is 3.66. The van der Waals surface area contributed by atoms with Crippen LogP contribution in [0.15, 0.2) is 48.8 Å². The third-order valence-corrected chi connectivity index (χ3v) is 1.03. The Kier molecular flexibility index (Phi) is 8.67. The van der Waals surface area contributed by atoms with E-state index in [2.05, 4.69) is 22.4 Å². The molecule has 1 radical (unpaired) electrons. The molecular weight excluding hydrogens is 193 g/mol. The number of hydrogen-bond acceptors (Lipinski definition) is 2. The van der Waals surface area contributed by atoms with Gasteiger partial charge in [-0.05, 0) is 0 Å². The van der Waals surface area contributed by atoms with E-state index in [1.165, 1.54) is 0 Å². The van der Waals surface area contributed by atoms with Crippen molar-refractivity contribution in [2.24, 2.45) is 0 Å². The molecule has 0 amide bonds. The van der Waals surface area contributed by atoms with E-state index in [1.54, 1.807) is 24.5 Å². The summed E-state index contributed by atoms with van der Waals surface area (Å²) in [5, 5.41) is 0. The zero-order valence-electron chi connectivity index (χ0n) is 7.09. The maximum Gasteiger partial charge on any atom is 0 e. The van der Waals surface area contributed by atoms with Gasteiger partial charge < -0.3 is 9.97 Å². The van der Waals surface area contributed by atoms with Gasteiger partial charge in [0.15, 0.2) is 0 Å². The summed E-state index contributed by atoms with van der Waals surface area (Å²) < 4.78 is 0. The van der Waals surface area contributed by atoms with E-state index in [-0.39, 0.29) is 25.8 Å². The molecule has 2 aromatic rings. The average Bonchev–Trinajstić information content (AvgIpc) is 2.24. The monoisotopic (exact) mass is 201 g/mol. The summed E-state index contributed by atoms with van der Waals surface area (Å²) in [6.45, 7) is 0. The Morgan fingerprint density at radius 1 is 0.692 bits per heavy atom. The average molecular weight is 201 g/mol. The molecule has 0 spiro atoms. The minimum absolute atomic E-state index is 0. The van der Waals surface area contributed by atoms with Gasteiger partial charge in [0.25, 0.3) is 0 Å². The second kappa shape index (κ2) is 9.26. The smallest absolute Gasteiger partial charge is 0 e. The van der Waals surface area contributed by atoms with Crippen LogP contribution in [-0.2, 0) is 25.8 Å². The Labute approximate surface area is 96.8 Å². The summed E-state index contributed by atoms with van der Waals surface area (Å²) in [4.78, 5) is 7.32. The predicted octanol–water partition coefficient (Wildman–Crippen LogP) is 1.76. The second-order valence-electron chi connectivity index (χ2n) is 1.92. The Hall–Kier alpha value is -0.830. The number of nitrogens with zero attached hydrogens (tertiary/aromatic N) is 2. The van der Waals surface area contributed by atoms with Crippen molar-refractivity contribution < 1.29 is 25.8 Å². The van der Waals surface area contributed by atoms with Crippen LogP contribution < -0.4 is 0 Å². The largest absolute Gasteiger partial charge is 0.394 e. The zero-order valence-corrected chi connectivity index (χ0v) is 8.89. The van der Waals surface area contributed by atoms with Crippen LogP contribution in [0.2, 0.25) is 0 Å². The molecule has 0 bridgehead atoms. The fraction of sp³-hybridized carbons (Fsp3) is 0. The molecule has 63 valence electrons. The third kappa shape index (κ3) is 7.53. The zero-order chi connectivity index (χ0) is 8.49. The van der Waals surface area contributed by atoms with Gasteiger partial charge in [-0.25, -0.2) is 0 Å². The van der Waals surface area contributed by atoms with Gasteiger partial charge in [-0.3, -0.25) is 0 Å². The molecule has 0 aliphatic rings. The van der Waals surface area contributed by atoms with Crippen LogP contribution in [0.4, 0.5) is 0 Å². The van der Waals surface area contributed by atoms with Crippen molar-refractivity contribution in [1.29, 1.82) is 0 Å². The van der Waals surface area contributed by atoms with Gasteiger partial charge in [-0.2, -0.15) is 36.4 Å². The van der Waals surface area contributed by atoms with Crippen molar-refractivity contribution in [1.82, 2.24) is 9.97 Å². The molecule has 0 N–H and O–H groups in total. The molecule has 0 aliphatic carbocycles. The number of pyridine rings is 2. The fourth-order valence-electron chi connectivity index (χ4n) is 0.555. The van der Waals surface area contributed by atoms with Crippen LogP contribution in [-0.4, -0.2) is 9.97 Å². The van der Waals surface area contributed by atoms with E-state index in [0.717, 1.165) is 0 Å². The quantitative estimate of drug-likeness (QED) is 0.607. The van der Waals surface area contributed by atoms with Gasteiger partial charge in [0, 0.05) is 25.8 Å². The first kappa shape index (κ1) is 12.2. The summed E-state index contributed by atoms with van der Waals surface area (Å²) in [5.41, 5.74) is 0. The van der Waals surface area contributed by atoms with Crippen molar-refractivity contribution in [2.45, 2.75) is 0 Å². The van der Waals surface area contributed by atoms with Crippen LogP contribution in [0, 0.1) is 12.4 Å². The minimum Gasteiger partial charge on any atom is -0.394 e. The Bertz CT molecular complexity index is 188. The summed E-state index contributed by atoms with van der Waals surface area (Å²) in [6.07, 6.45) is 8.67. The van der Waals surface area contributed by atoms with Gasteiger partial charge in [-0.15, -0.1) is 0 Å². The fourth-order valence-corrected chi connectivity index (χ4v) is 0.555. The van der Waals surface area contributed by atoms with E-state index >= 15 is 0 Å². The minimum atomic E-state index is 0. The SMILES string of the molecule is [Sc].[c-]1ccccn1.[c-]1ccccn1. The number of rotatable bonds is 0. The second-order valence-corrected chi connectivity index (χ2v) is 1.92. The molecule has 2 aromatic heterocycles. The number of aromatic nitrogens is 2. The first-order chi connectivity index (χ1) is 6.00. The van der Waals surface area contributed by atoms with Crippen molar-refractivity contribution >= 4 is 0 Å². The first-order valence-corrected chi connectivity index (χ1v) is 3.54. The molecule has 0 atom stereocenters. The Balaban J connectivity index is 0.000000206. The van der Waals surface area contributed by atoms with E-state index < -0.39 is 0 Å². The van der Waals surface area contributed by atoms with E-state index in [0.29, 0.717) is 0 Å². The van der Waals surface area contributed by atoms with Crippen molar-refractivity contribution in [2.75, 3.05) is 0 Å². The van der Waals surface area contributed by atoms with Crippen molar-refractivity contribution in [3.8, 4) is 0 Å². The standard InChI is InChI=1S/2C5H4N.Sc/c2*1-2-4-6-5-3-1;/h2*1-4H;/q2*-1;. The summed E-state index contributed by atoms with van der Waals surface area (Å²) in [6, 6.07) is 11.0. The molecule has 3 heteroatoms. The molecule has 0 fully saturated rings. The molecule has 0 saturated heterocycles. The van der Waals surface area contributed by atoms with Crippen LogP contribution >= 0.6 is 0 Å². The summed E-state index contributed by atoms with van der Waals surface area (Å²) in [5.74, 6) is 0. The summed E-state index contributed by atoms with van der Waals surface area (Å²) >= 11 is 0. The molecule has 0 saturated carbocycles. The van der Waals surface area contributed by atoms with Crippen molar-refractivity contribution in [3.63, 3.8) is 0 Å². The van der Waals surface area contributed by atoms with Gasteiger partial charge in [-0.1, -0.05) is 24.8 Å². The first-order valence-electron chi connectivity index (χ1n) is 3.54. The maximum atomic E-state index is 3.66. The van der Waals surface area contributed by atoms with Crippen LogP contribution in [0.5, 0.6) is 0 Å². The van der Waals surface area contributed by atoms with Crippen LogP contribution in [0.3, 0.4) is 0 Å². The van der Waals surface area contributed by atoms with E-state index in [1.807, 2.05) is 24.3 Å². The van der Waals surface area contributed by atoms with Gasteiger partial charge in [0.05, 0.1) is 0 Å². The van der Waals surface area contributed by atoms with Crippen molar-refractivity contribution in [3.05, 3.63) is 61.2 Å². The Morgan fingerprint density at radius 2 is 1.15 bits per heavy atom. The molecule has 0 aromatic carbocycles. The van der Waals surface area contributed by atoms with Gasteiger partial charge >= 0.3 is 0 Å². The molecule has 13 heavy (non-hydrogen) atoms. The third-order valence-electron chi connectivity index (χ3n) is 1.03.